The van der Waals surface area contributed by atoms with Crippen molar-refractivity contribution >= 4 is 39.0 Å². The first-order valence-corrected chi connectivity index (χ1v) is 10.3. The largest absolute Gasteiger partial charge is 0.450 e. The van der Waals surface area contributed by atoms with Crippen LogP contribution in [0.3, 0.4) is 0 Å². The zero-order valence-corrected chi connectivity index (χ0v) is 17.3. The molecule has 9 heteroatoms. The van der Waals surface area contributed by atoms with Crippen LogP contribution >= 0.6 is 11.3 Å². The van der Waals surface area contributed by atoms with E-state index >= 15 is 0 Å². The second kappa shape index (κ2) is 6.85. The number of thiazole rings is 1. The number of carbonyl (C=O) groups is 1. The van der Waals surface area contributed by atoms with Crippen LogP contribution in [0.4, 0.5) is 10.8 Å². The van der Waals surface area contributed by atoms with Gasteiger partial charge in [-0.05, 0) is 43.7 Å². The number of rotatable bonds is 3. The number of aromatic nitrogens is 1. The molecule has 31 heavy (non-hydrogen) atoms. The van der Waals surface area contributed by atoms with Gasteiger partial charge in [-0.3, -0.25) is 24.6 Å². The third-order valence-corrected chi connectivity index (χ3v) is 6.22. The number of nitro benzene ring substituents is 1. The lowest BCUT2D eigenvalue weighted by atomic mass is 9.98. The fourth-order valence-electron chi connectivity index (χ4n) is 3.83. The van der Waals surface area contributed by atoms with E-state index in [0.717, 1.165) is 11.3 Å². The quantitative estimate of drug-likeness (QED) is 0.347. The van der Waals surface area contributed by atoms with Crippen LogP contribution in [-0.4, -0.2) is 15.8 Å². The second-order valence-electron chi connectivity index (χ2n) is 7.37. The molecule has 5 rings (SSSR count). The molecule has 0 saturated heterocycles. The molecule has 2 aromatic carbocycles. The Morgan fingerprint density at radius 2 is 1.87 bits per heavy atom. The fraction of sp³-hybridized carbons (Fsp3) is 0.136. The second-order valence-corrected chi connectivity index (χ2v) is 8.21. The van der Waals surface area contributed by atoms with Crippen molar-refractivity contribution in [3.8, 4) is 0 Å². The van der Waals surface area contributed by atoms with E-state index in [1.165, 1.54) is 28.4 Å². The lowest BCUT2D eigenvalue weighted by molar-refractivity contribution is -0.384. The minimum Gasteiger partial charge on any atom is -0.450 e. The Balaban J connectivity index is 1.79. The van der Waals surface area contributed by atoms with Crippen LogP contribution in [-0.2, 0) is 0 Å². The van der Waals surface area contributed by atoms with Gasteiger partial charge in [-0.1, -0.05) is 11.6 Å². The van der Waals surface area contributed by atoms with E-state index in [4.69, 9.17) is 4.42 Å². The number of aryl methyl sites for hydroxylation is 2. The number of fused-ring (bicyclic) bond motifs is 2. The van der Waals surface area contributed by atoms with Crippen LogP contribution in [0.5, 0.6) is 0 Å². The van der Waals surface area contributed by atoms with Crippen LogP contribution in [0, 0.1) is 24.0 Å². The van der Waals surface area contributed by atoms with E-state index in [0.29, 0.717) is 21.7 Å². The van der Waals surface area contributed by atoms with Gasteiger partial charge in [0.25, 0.3) is 11.6 Å². The van der Waals surface area contributed by atoms with Gasteiger partial charge in [-0.25, -0.2) is 4.98 Å². The van der Waals surface area contributed by atoms with E-state index in [1.807, 2.05) is 25.3 Å². The lowest BCUT2D eigenvalue weighted by Gasteiger charge is -2.22. The molecule has 0 unspecified atom stereocenters. The third kappa shape index (κ3) is 2.93. The van der Waals surface area contributed by atoms with Gasteiger partial charge >= 0.3 is 0 Å². The van der Waals surface area contributed by atoms with E-state index in [2.05, 4.69) is 4.98 Å². The zero-order chi connectivity index (χ0) is 21.9. The van der Waals surface area contributed by atoms with Gasteiger partial charge in [0.05, 0.1) is 27.6 Å². The van der Waals surface area contributed by atoms with Gasteiger partial charge in [0, 0.05) is 17.5 Å². The van der Waals surface area contributed by atoms with Gasteiger partial charge in [0.1, 0.15) is 5.58 Å². The maximum absolute atomic E-state index is 13.5. The summed E-state index contributed by atoms with van der Waals surface area (Å²) in [7, 11) is 0. The lowest BCUT2D eigenvalue weighted by Crippen LogP contribution is -2.29. The number of non-ortho nitro benzene ring substituents is 1. The molecule has 0 spiro atoms. The topological polar surface area (TPSA) is 107 Å². The Labute approximate surface area is 179 Å². The summed E-state index contributed by atoms with van der Waals surface area (Å²) in [4.78, 5) is 43.3. The number of carbonyl (C=O) groups excluding carboxylic acids is 1. The molecule has 0 fully saturated rings. The van der Waals surface area contributed by atoms with Gasteiger partial charge in [0.15, 0.2) is 10.6 Å². The van der Waals surface area contributed by atoms with Gasteiger partial charge in [-0.2, -0.15) is 0 Å². The Hall–Kier alpha value is -3.85. The highest BCUT2D eigenvalue weighted by Crippen LogP contribution is 2.42. The summed E-state index contributed by atoms with van der Waals surface area (Å²) in [5.74, 6) is -0.496. The highest BCUT2D eigenvalue weighted by molar-refractivity contribution is 7.14. The van der Waals surface area contributed by atoms with Crippen molar-refractivity contribution in [1.82, 2.24) is 4.98 Å². The van der Waals surface area contributed by atoms with Crippen molar-refractivity contribution in [2.45, 2.75) is 19.9 Å². The average Bonchev–Trinajstić information content (AvgIpc) is 3.30. The number of amides is 1. The highest BCUT2D eigenvalue weighted by atomic mass is 32.1. The molecule has 1 aliphatic rings. The van der Waals surface area contributed by atoms with Crippen LogP contribution in [0.1, 0.15) is 39.0 Å². The number of benzene rings is 2. The fourth-order valence-corrected chi connectivity index (χ4v) is 4.66. The van der Waals surface area contributed by atoms with Crippen molar-refractivity contribution in [1.29, 1.82) is 0 Å². The molecule has 154 valence electrons. The summed E-state index contributed by atoms with van der Waals surface area (Å²) in [5.41, 5.74) is 2.37. The molecule has 0 radical (unpaired) electrons. The van der Waals surface area contributed by atoms with Crippen molar-refractivity contribution in [3.05, 3.63) is 96.3 Å². The van der Waals surface area contributed by atoms with E-state index < -0.39 is 16.9 Å². The molecule has 1 aliphatic heterocycles. The number of nitrogens with zero attached hydrogens (tertiary/aromatic N) is 3. The molecule has 4 aromatic rings. The van der Waals surface area contributed by atoms with E-state index in [9.17, 15) is 19.7 Å². The first-order valence-electron chi connectivity index (χ1n) is 9.42. The summed E-state index contributed by atoms with van der Waals surface area (Å²) in [5, 5.41) is 13.7. The van der Waals surface area contributed by atoms with Crippen LogP contribution in [0.25, 0.3) is 11.0 Å². The molecule has 1 atom stereocenters. The predicted molar refractivity (Wildman–Crippen MR) is 116 cm³/mol. The molecular formula is C22H15N3O5S. The summed E-state index contributed by atoms with van der Waals surface area (Å²) < 4.78 is 5.90. The molecule has 3 heterocycles. The van der Waals surface area contributed by atoms with Crippen LogP contribution in [0.15, 0.2) is 57.1 Å². The minimum atomic E-state index is -0.796. The van der Waals surface area contributed by atoms with Crippen LogP contribution in [0.2, 0.25) is 0 Å². The first kappa shape index (κ1) is 19.1. The third-order valence-electron chi connectivity index (χ3n) is 5.26. The van der Waals surface area contributed by atoms with Gasteiger partial charge in [-0.15, -0.1) is 11.3 Å². The number of hydrogen-bond acceptors (Lipinski definition) is 7. The SMILES string of the molecule is Cc1ccc2oc3c(c(=O)c2c1)[C@H](c1ccc([N+](=O)[O-])cc1)N(c1nc(C)cs1)C3=O. The van der Waals surface area contributed by atoms with Crippen molar-refractivity contribution in [2.24, 2.45) is 0 Å². The maximum atomic E-state index is 13.5. The molecule has 0 aliphatic carbocycles. The smallest absolute Gasteiger partial charge is 0.297 e. The van der Waals surface area contributed by atoms with E-state index in [1.54, 1.807) is 24.3 Å². The predicted octanol–water partition coefficient (Wildman–Crippen LogP) is 4.52. The molecule has 0 saturated carbocycles. The molecule has 0 N–H and O–H groups in total. The molecule has 2 aromatic heterocycles. The standard InChI is InChI=1S/C22H15N3O5S/c1-11-3-8-16-15(9-11)19(26)17-18(13-4-6-14(7-5-13)25(28)29)24(21(27)20(17)30-16)22-23-12(2)10-31-22/h3-10,18H,1-2H3/t18-/m0/s1. The summed E-state index contributed by atoms with van der Waals surface area (Å²) >= 11 is 1.28. The number of anilines is 1. The molecule has 8 nitrogen and oxygen atoms in total. The minimum absolute atomic E-state index is 0.0300. The first-order chi connectivity index (χ1) is 14.8. The number of hydrogen-bond donors (Lipinski definition) is 0. The summed E-state index contributed by atoms with van der Waals surface area (Å²) in [6.45, 7) is 3.69. The average molecular weight is 433 g/mol. The van der Waals surface area contributed by atoms with E-state index in [-0.39, 0.29) is 22.4 Å². The molecule has 1 amide bonds. The summed E-state index contributed by atoms with van der Waals surface area (Å²) in [6, 6.07) is 10.2. The monoisotopic (exact) mass is 433 g/mol. The van der Waals surface area contributed by atoms with Crippen molar-refractivity contribution < 1.29 is 14.1 Å². The maximum Gasteiger partial charge on any atom is 0.297 e. The Bertz CT molecular complexity index is 1440. The van der Waals surface area contributed by atoms with Gasteiger partial charge in [0.2, 0.25) is 5.76 Å². The van der Waals surface area contributed by atoms with Crippen LogP contribution < -0.4 is 10.3 Å². The zero-order valence-electron chi connectivity index (χ0n) is 16.5. The highest BCUT2D eigenvalue weighted by Gasteiger charge is 2.44. The summed E-state index contributed by atoms with van der Waals surface area (Å²) in [6.07, 6.45) is 0. The Morgan fingerprint density at radius 1 is 1.13 bits per heavy atom. The van der Waals surface area contributed by atoms with Gasteiger partial charge < -0.3 is 4.42 Å². The van der Waals surface area contributed by atoms with Crippen molar-refractivity contribution in [2.75, 3.05) is 4.90 Å². The molecule has 0 bridgehead atoms. The number of nitro groups is 1. The Kier molecular flexibility index (Phi) is 4.23. The Morgan fingerprint density at radius 3 is 2.52 bits per heavy atom. The van der Waals surface area contributed by atoms with Crippen molar-refractivity contribution in [3.63, 3.8) is 0 Å². The normalized spacial score (nSPS) is 15.5. The molecular weight excluding hydrogens is 418 g/mol.